The van der Waals surface area contributed by atoms with Crippen LogP contribution in [0.25, 0.3) is 11.0 Å². The van der Waals surface area contributed by atoms with E-state index in [1.165, 1.54) is 31.0 Å². The highest BCUT2D eigenvalue weighted by atomic mass is 79.9. The van der Waals surface area contributed by atoms with Crippen molar-refractivity contribution in [2.75, 3.05) is 5.75 Å². The van der Waals surface area contributed by atoms with Gasteiger partial charge in [0.05, 0.1) is 16.8 Å². The molecule has 2 aromatic rings. The fraction of sp³-hybridized carbons (Fsp3) is 0.429. The molecule has 0 amide bonds. The third-order valence-corrected chi connectivity index (χ3v) is 5.12. The van der Waals surface area contributed by atoms with Crippen molar-refractivity contribution < 1.29 is 9.90 Å². The molecule has 1 aliphatic carbocycles. The van der Waals surface area contributed by atoms with Crippen molar-refractivity contribution in [1.82, 2.24) is 9.55 Å². The number of benzene rings is 1. The summed E-state index contributed by atoms with van der Waals surface area (Å²) < 4.78 is 3.20. The lowest BCUT2D eigenvalue weighted by atomic mass is 9.85. The second-order valence-corrected chi connectivity index (χ2v) is 6.98. The highest BCUT2D eigenvalue weighted by Gasteiger charge is 2.21. The number of fused-ring (bicyclic) bond motifs is 1. The van der Waals surface area contributed by atoms with Crippen LogP contribution in [0.4, 0.5) is 0 Å². The molecule has 4 nitrogen and oxygen atoms in total. The van der Waals surface area contributed by atoms with Crippen LogP contribution in [0.5, 0.6) is 0 Å². The predicted molar refractivity (Wildman–Crippen MR) is 83.1 cm³/mol. The summed E-state index contributed by atoms with van der Waals surface area (Å²) in [7, 11) is 0. The van der Waals surface area contributed by atoms with Gasteiger partial charge in [0.1, 0.15) is 0 Å². The molecule has 1 fully saturated rings. The van der Waals surface area contributed by atoms with Gasteiger partial charge in [-0.25, -0.2) is 4.98 Å². The van der Waals surface area contributed by atoms with Crippen LogP contribution in [0.2, 0.25) is 0 Å². The first-order chi connectivity index (χ1) is 9.63. The maximum Gasteiger partial charge on any atom is 0.313 e. The lowest BCUT2D eigenvalue weighted by Gasteiger charge is -2.26. The zero-order valence-electron chi connectivity index (χ0n) is 10.9. The van der Waals surface area contributed by atoms with Crippen molar-refractivity contribution in [3.05, 3.63) is 22.7 Å². The van der Waals surface area contributed by atoms with Gasteiger partial charge in [0, 0.05) is 11.0 Å². The number of carbonyl (C=O) groups is 1. The molecule has 106 valence electrons. The number of carboxylic acids is 1. The Kier molecular flexibility index (Phi) is 4.03. The third-order valence-electron chi connectivity index (χ3n) is 3.67. The number of halogens is 1. The van der Waals surface area contributed by atoms with Gasteiger partial charge in [-0.15, -0.1) is 0 Å². The first kappa shape index (κ1) is 13.9. The molecule has 1 aromatic heterocycles. The Hall–Kier alpha value is -1.01. The van der Waals surface area contributed by atoms with E-state index in [9.17, 15) is 4.79 Å². The fourth-order valence-corrected chi connectivity index (χ4v) is 3.51. The maximum atomic E-state index is 10.8. The van der Waals surface area contributed by atoms with Gasteiger partial charge in [0.25, 0.3) is 0 Å². The van der Waals surface area contributed by atoms with E-state index in [1.54, 1.807) is 0 Å². The average molecular weight is 355 g/mol. The van der Waals surface area contributed by atoms with Gasteiger partial charge >= 0.3 is 5.97 Å². The molecular weight excluding hydrogens is 340 g/mol. The summed E-state index contributed by atoms with van der Waals surface area (Å²) in [6, 6.07) is 6.00. The molecule has 1 aliphatic rings. The van der Waals surface area contributed by atoms with Crippen LogP contribution < -0.4 is 0 Å². The summed E-state index contributed by atoms with van der Waals surface area (Å²) in [4.78, 5) is 15.4. The fourth-order valence-electron chi connectivity index (χ4n) is 2.42. The Labute approximate surface area is 129 Å². The quantitative estimate of drug-likeness (QED) is 0.830. The normalized spacial score (nSPS) is 15.4. The molecule has 0 bridgehead atoms. The van der Waals surface area contributed by atoms with E-state index < -0.39 is 5.97 Å². The maximum absolute atomic E-state index is 10.8. The van der Waals surface area contributed by atoms with Crippen molar-refractivity contribution >= 4 is 44.7 Å². The van der Waals surface area contributed by atoms with Crippen molar-refractivity contribution in [3.63, 3.8) is 0 Å². The van der Waals surface area contributed by atoms with E-state index >= 15 is 0 Å². The van der Waals surface area contributed by atoms with E-state index in [4.69, 9.17) is 5.11 Å². The van der Waals surface area contributed by atoms with Crippen molar-refractivity contribution in [2.45, 2.75) is 31.0 Å². The number of aliphatic carboxylic acids is 1. The van der Waals surface area contributed by atoms with Crippen LogP contribution in [-0.4, -0.2) is 26.4 Å². The zero-order valence-corrected chi connectivity index (χ0v) is 13.3. The van der Waals surface area contributed by atoms with E-state index in [2.05, 4.69) is 31.5 Å². The number of carboxylic acid groups (broad SMARTS) is 1. The molecule has 0 atom stereocenters. The molecule has 20 heavy (non-hydrogen) atoms. The molecule has 0 aliphatic heterocycles. The van der Waals surface area contributed by atoms with Crippen LogP contribution >= 0.6 is 27.7 Å². The Bertz CT molecular complexity index is 652. The third kappa shape index (κ3) is 2.86. The van der Waals surface area contributed by atoms with Crippen molar-refractivity contribution in [2.24, 2.45) is 5.92 Å². The summed E-state index contributed by atoms with van der Waals surface area (Å²) in [5.41, 5.74) is 2.01. The summed E-state index contributed by atoms with van der Waals surface area (Å²) in [6.07, 6.45) is 3.83. The highest BCUT2D eigenvalue weighted by molar-refractivity contribution is 9.10. The van der Waals surface area contributed by atoms with Gasteiger partial charge in [-0.05, 0) is 37.0 Å². The summed E-state index contributed by atoms with van der Waals surface area (Å²) in [6.45, 7) is 0.939. The van der Waals surface area contributed by atoms with Crippen molar-refractivity contribution in [3.8, 4) is 0 Å². The van der Waals surface area contributed by atoms with Gasteiger partial charge in [0.15, 0.2) is 5.16 Å². The number of hydrogen-bond acceptors (Lipinski definition) is 3. The summed E-state index contributed by atoms with van der Waals surface area (Å²) in [5.74, 6) is -0.0520. The highest BCUT2D eigenvalue weighted by Crippen LogP contribution is 2.33. The standard InChI is InChI=1S/C14H15BrN2O2S/c15-10-4-5-11-12(6-10)17(7-9-2-1-3-9)14(16-11)20-8-13(18)19/h4-6,9H,1-3,7-8H2,(H,18,19). The van der Waals surface area contributed by atoms with Crippen molar-refractivity contribution in [1.29, 1.82) is 0 Å². The lowest BCUT2D eigenvalue weighted by Crippen LogP contribution is -2.18. The first-order valence-corrected chi connectivity index (χ1v) is 8.42. The smallest absolute Gasteiger partial charge is 0.313 e. The Morgan fingerprint density at radius 2 is 2.30 bits per heavy atom. The minimum absolute atomic E-state index is 0.0508. The molecule has 1 heterocycles. The largest absolute Gasteiger partial charge is 0.481 e. The summed E-state index contributed by atoms with van der Waals surface area (Å²) in [5, 5.41) is 9.67. The Morgan fingerprint density at radius 1 is 1.50 bits per heavy atom. The molecule has 1 saturated carbocycles. The number of hydrogen-bond donors (Lipinski definition) is 1. The molecule has 1 N–H and O–H groups in total. The van der Waals surface area contributed by atoms with Gasteiger partial charge in [-0.1, -0.05) is 34.1 Å². The second kappa shape index (κ2) is 5.77. The van der Waals surface area contributed by atoms with Gasteiger partial charge in [0.2, 0.25) is 0 Å². The minimum atomic E-state index is -0.807. The number of aromatic nitrogens is 2. The number of rotatable bonds is 5. The van der Waals surface area contributed by atoms with E-state index in [-0.39, 0.29) is 5.75 Å². The Balaban J connectivity index is 1.97. The van der Waals surface area contributed by atoms with E-state index in [0.717, 1.165) is 27.2 Å². The van der Waals surface area contributed by atoms with Crippen LogP contribution in [0.1, 0.15) is 19.3 Å². The molecule has 3 rings (SSSR count). The van der Waals surface area contributed by atoms with E-state index in [1.807, 2.05) is 12.1 Å². The van der Waals surface area contributed by atoms with Gasteiger partial charge in [-0.2, -0.15) is 0 Å². The summed E-state index contributed by atoms with van der Waals surface area (Å²) >= 11 is 4.79. The lowest BCUT2D eigenvalue weighted by molar-refractivity contribution is -0.133. The number of nitrogens with zero attached hydrogens (tertiary/aromatic N) is 2. The van der Waals surface area contributed by atoms with Gasteiger partial charge in [-0.3, -0.25) is 4.79 Å². The van der Waals surface area contributed by atoms with Crippen LogP contribution in [-0.2, 0) is 11.3 Å². The minimum Gasteiger partial charge on any atom is -0.481 e. The second-order valence-electron chi connectivity index (χ2n) is 5.12. The molecule has 0 radical (unpaired) electrons. The average Bonchev–Trinajstić information content (AvgIpc) is 2.68. The van der Waals surface area contributed by atoms with Gasteiger partial charge < -0.3 is 9.67 Å². The van der Waals surface area contributed by atoms with Crippen LogP contribution in [0.3, 0.4) is 0 Å². The number of imidazole rings is 1. The Morgan fingerprint density at radius 3 is 2.95 bits per heavy atom. The zero-order chi connectivity index (χ0) is 14.1. The molecule has 0 unspecified atom stereocenters. The van der Waals surface area contributed by atoms with Crippen LogP contribution in [0, 0.1) is 5.92 Å². The van der Waals surface area contributed by atoms with E-state index in [0.29, 0.717) is 5.92 Å². The monoisotopic (exact) mass is 354 g/mol. The SMILES string of the molecule is O=C(O)CSc1nc2ccc(Br)cc2n1CC1CCC1. The molecule has 1 aromatic carbocycles. The van der Waals surface area contributed by atoms with Crippen LogP contribution in [0.15, 0.2) is 27.8 Å². The first-order valence-electron chi connectivity index (χ1n) is 6.64. The predicted octanol–water partition coefficient (Wildman–Crippen LogP) is 3.78. The molecule has 0 spiro atoms. The topological polar surface area (TPSA) is 55.1 Å². The number of thioether (sulfide) groups is 1. The molecule has 6 heteroatoms. The molecule has 0 saturated heterocycles. The molecular formula is C14H15BrN2O2S.